The predicted octanol–water partition coefficient (Wildman–Crippen LogP) is 2.31. The molecule has 31 heavy (non-hydrogen) atoms. The average molecular weight is 431 g/mol. The van der Waals surface area contributed by atoms with Gasteiger partial charge in [-0.3, -0.25) is 0 Å². The van der Waals surface area contributed by atoms with Gasteiger partial charge in [-0.1, -0.05) is 0 Å². The number of fused-ring (bicyclic) bond motifs is 1. The van der Waals surface area contributed by atoms with E-state index >= 15 is 0 Å². The molecule has 0 atom stereocenters. The molecule has 0 spiro atoms. The van der Waals surface area contributed by atoms with Crippen LogP contribution in [0.2, 0.25) is 0 Å². The lowest BCUT2D eigenvalue weighted by Crippen LogP contribution is -2.30. The first-order valence-electron chi connectivity index (χ1n) is 9.53. The maximum atomic E-state index is 13.1. The predicted molar refractivity (Wildman–Crippen MR) is 106 cm³/mol. The fourth-order valence-electron chi connectivity index (χ4n) is 3.77. The van der Waals surface area contributed by atoms with E-state index < -0.39 is 29.2 Å². The Labute approximate surface area is 175 Å². The van der Waals surface area contributed by atoms with Gasteiger partial charge < -0.3 is 15.1 Å². The van der Waals surface area contributed by atoms with Crippen molar-refractivity contribution in [2.75, 3.05) is 18.0 Å². The SMILES string of the molecule is [B]c1c(-c2c(C)cc(C(F)(F)F)cc2O)nc2nc(N3CCCCC3)nn2c1C(=O)O. The van der Waals surface area contributed by atoms with Gasteiger partial charge in [-0.25, -0.2) is 9.78 Å². The van der Waals surface area contributed by atoms with Gasteiger partial charge in [-0.05, 0) is 49.3 Å². The standard InChI is InChI=1S/C19H17BF3N5O3/c1-9-7-10(19(21,22)23)8-11(29)12(9)14-13(20)15(16(30)31)28-17(24-14)25-18(26-28)27-5-3-2-4-6-27/h7-8,29H,2-6H2,1H3,(H,30,31). The van der Waals surface area contributed by atoms with Gasteiger partial charge in [0.15, 0.2) is 0 Å². The Bertz CT molecular complexity index is 1170. The third-order valence-corrected chi connectivity index (χ3v) is 5.23. The molecule has 1 fully saturated rings. The molecule has 2 radical (unpaired) electrons. The van der Waals surface area contributed by atoms with Crippen LogP contribution in [-0.2, 0) is 6.18 Å². The van der Waals surface area contributed by atoms with Gasteiger partial charge in [-0.15, -0.1) is 5.10 Å². The van der Waals surface area contributed by atoms with Crippen LogP contribution < -0.4 is 10.4 Å². The molecule has 4 rings (SSSR count). The number of aromatic hydroxyl groups is 1. The lowest BCUT2D eigenvalue weighted by Gasteiger charge is -2.24. The smallest absolute Gasteiger partial charge is 0.416 e. The van der Waals surface area contributed by atoms with Crippen LogP contribution in [0.4, 0.5) is 19.1 Å². The van der Waals surface area contributed by atoms with E-state index in [1.807, 2.05) is 4.90 Å². The number of carboxylic acid groups (broad SMARTS) is 1. The van der Waals surface area contributed by atoms with Crippen LogP contribution in [0.5, 0.6) is 5.75 Å². The molecule has 3 aromatic rings. The molecule has 2 aromatic heterocycles. The minimum atomic E-state index is -4.66. The minimum Gasteiger partial charge on any atom is -0.507 e. The van der Waals surface area contributed by atoms with Gasteiger partial charge in [0.05, 0.1) is 11.3 Å². The molecule has 0 saturated carbocycles. The van der Waals surface area contributed by atoms with Crippen molar-refractivity contribution < 1.29 is 28.2 Å². The van der Waals surface area contributed by atoms with Crippen LogP contribution in [-0.4, -0.2) is 56.7 Å². The number of aromatic carboxylic acids is 1. The summed E-state index contributed by atoms with van der Waals surface area (Å²) in [6.07, 6.45) is -1.69. The summed E-state index contributed by atoms with van der Waals surface area (Å²) in [7, 11) is 6.05. The number of phenolic OH excluding ortho intramolecular Hbond substituents is 1. The number of hydrogen-bond acceptors (Lipinski definition) is 6. The second-order valence-electron chi connectivity index (χ2n) is 7.38. The number of hydrogen-bond donors (Lipinski definition) is 2. The van der Waals surface area contributed by atoms with Crippen LogP contribution in [0.3, 0.4) is 0 Å². The highest BCUT2D eigenvalue weighted by atomic mass is 19.4. The van der Waals surface area contributed by atoms with Gasteiger partial charge >= 0.3 is 12.1 Å². The van der Waals surface area contributed by atoms with Crippen molar-refractivity contribution in [1.82, 2.24) is 19.6 Å². The summed E-state index contributed by atoms with van der Waals surface area (Å²) in [6.45, 7) is 2.76. The zero-order valence-electron chi connectivity index (χ0n) is 16.4. The van der Waals surface area contributed by atoms with E-state index in [1.54, 1.807) is 0 Å². The summed E-state index contributed by atoms with van der Waals surface area (Å²) in [5, 5.41) is 24.3. The molecule has 0 unspecified atom stereocenters. The molecule has 12 heteroatoms. The summed E-state index contributed by atoms with van der Waals surface area (Å²) in [5.41, 5.74) is -2.06. The number of carboxylic acids is 1. The zero-order valence-corrected chi connectivity index (χ0v) is 16.4. The normalized spacial score (nSPS) is 14.9. The summed E-state index contributed by atoms with van der Waals surface area (Å²) in [4.78, 5) is 22.4. The monoisotopic (exact) mass is 431 g/mol. The van der Waals surface area contributed by atoms with Crippen molar-refractivity contribution in [1.29, 1.82) is 0 Å². The van der Waals surface area contributed by atoms with E-state index in [-0.39, 0.29) is 28.1 Å². The Morgan fingerprint density at radius 1 is 1.16 bits per heavy atom. The van der Waals surface area contributed by atoms with Crippen LogP contribution >= 0.6 is 0 Å². The van der Waals surface area contributed by atoms with E-state index in [2.05, 4.69) is 15.1 Å². The largest absolute Gasteiger partial charge is 0.507 e. The van der Waals surface area contributed by atoms with Crippen molar-refractivity contribution in [3.05, 3.63) is 29.0 Å². The van der Waals surface area contributed by atoms with E-state index in [4.69, 9.17) is 7.85 Å². The van der Waals surface area contributed by atoms with Crippen molar-refractivity contribution in [2.45, 2.75) is 32.4 Å². The molecule has 3 heterocycles. The van der Waals surface area contributed by atoms with E-state index in [9.17, 15) is 28.2 Å². The molecule has 2 N–H and O–H groups in total. The van der Waals surface area contributed by atoms with Crippen molar-refractivity contribution in [2.24, 2.45) is 0 Å². The maximum absolute atomic E-state index is 13.1. The van der Waals surface area contributed by atoms with Gasteiger partial charge in [0, 0.05) is 18.7 Å². The topological polar surface area (TPSA) is 104 Å². The summed E-state index contributed by atoms with van der Waals surface area (Å²) < 4.78 is 40.2. The molecule has 1 aliphatic rings. The number of anilines is 1. The third-order valence-electron chi connectivity index (χ3n) is 5.23. The second kappa shape index (κ2) is 7.43. The molecule has 8 nitrogen and oxygen atoms in total. The lowest BCUT2D eigenvalue weighted by molar-refractivity contribution is -0.137. The number of carbonyl (C=O) groups is 1. The maximum Gasteiger partial charge on any atom is 0.416 e. The quantitative estimate of drug-likeness (QED) is 0.614. The Hall–Kier alpha value is -3.31. The van der Waals surface area contributed by atoms with Crippen LogP contribution in [0.1, 0.15) is 40.9 Å². The molecule has 0 amide bonds. The fraction of sp³-hybridized carbons (Fsp3) is 0.368. The van der Waals surface area contributed by atoms with Gasteiger partial charge in [-0.2, -0.15) is 22.7 Å². The molecule has 1 aromatic carbocycles. The first-order chi connectivity index (χ1) is 14.6. The highest BCUT2D eigenvalue weighted by molar-refractivity contribution is 6.39. The van der Waals surface area contributed by atoms with Crippen molar-refractivity contribution in [3.8, 4) is 17.0 Å². The number of rotatable bonds is 3. The molecule has 0 bridgehead atoms. The molecule has 1 aliphatic heterocycles. The molecule has 160 valence electrons. The molecule has 0 aliphatic carbocycles. The first-order valence-corrected chi connectivity index (χ1v) is 9.53. The number of alkyl halides is 3. The Balaban J connectivity index is 1.93. The zero-order chi connectivity index (χ0) is 22.5. The van der Waals surface area contributed by atoms with Crippen molar-refractivity contribution >= 4 is 31.0 Å². The highest BCUT2D eigenvalue weighted by Gasteiger charge is 2.33. The number of nitrogens with zero attached hydrogens (tertiary/aromatic N) is 5. The van der Waals surface area contributed by atoms with Crippen LogP contribution in [0.25, 0.3) is 17.0 Å². The van der Waals surface area contributed by atoms with E-state index in [0.717, 1.165) is 29.8 Å². The fourth-order valence-corrected chi connectivity index (χ4v) is 3.77. The second-order valence-corrected chi connectivity index (χ2v) is 7.38. The number of aromatic nitrogens is 4. The summed E-state index contributed by atoms with van der Waals surface area (Å²) >= 11 is 0. The van der Waals surface area contributed by atoms with Crippen LogP contribution in [0, 0.1) is 6.92 Å². The van der Waals surface area contributed by atoms with Gasteiger partial charge in [0.1, 0.15) is 19.3 Å². The number of piperidine rings is 1. The molecular weight excluding hydrogens is 414 g/mol. The number of phenols is 1. The Kier molecular flexibility index (Phi) is 5.02. The third kappa shape index (κ3) is 3.66. The number of aryl methyl sites for hydroxylation is 1. The van der Waals surface area contributed by atoms with Crippen molar-refractivity contribution in [3.63, 3.8) is 0 Å². The van der Waals surface area contributed by atoms with Gasteiger partial charge in [0.2, 0.25) is 5.95 Å². The summed E-state index contributed by atoms with van der Waals surface area (Å²) in [5.74, 6) is -1.92. The van der Waals surface area contributed by atoms with E-state index in [0.29, 0.717) is 25.1 Å². The minimum absolute atomic E-state index is 0.0305. The van der Waals surface area contributed by atoms with Crippen LogP contribution in [0.15, 0.2) is 12.1 Å². The number of benzene rings is 1. The Morgan fingerprint density at radius 2 is 1.84 bits per heavy atom. The van der Waals surface area contributed by atoms with E-state index in [1.165, 1.54) is 6.92 Å². The molecule has 1 saturated heterocycles. The molecular formula is C19H17BF3N5O3. The summed E-state index contributed by atoms with van der Waals surface area (Å²) in [6, 6.07) is 1.39. The highest BCUT2D eigenvalue weighted by Crippen LogP contribution is 2.38. The lowest BCUT2D eigenvalue weighted by atomic mass is 9.87. The Morgan fingerprint density at radius 3 is 2.42 bits per heavy atom. The van der Waals surface area contributed by atoms with Gasteiger partial charge in [0.25, 0.3) is 5.78 Å². The average Bonchev–Trinajstić information content (AvgIpc) is 3.11. The first kappa shape index (κ1) is 20.9. The number of halogens is 3.